The molecule has 0 saturated heterocycles. The molecule has 1 aromatic carbocycles. The molecule has 0 aliphatic heterocycles. The first-order valence-corrected chi connectivity index (χ1v) is 8.14. The second-order valence-corrected chi connectivity index (χ2v) is 6.35. The molecule has 0 unspecified atom stereocenters. The lowest BCUT2D eigenvalue weighted by molar-refractivity contribution is 0.178. The molecule has 0 atom stereocenters. The standard InChI is InChI=1S/C17H26OS/c1-2-3-4-14-5-7-15(8-6-14)13-18-16-9-11-17(19)12-10-16/h9-12,14-15,19H,2-8,13H2,1H3. The molecule has 106 valence electrons. The molecule has 0 radical (unpaired) electrons. The number of hydrogen-bond acceptors (Lipinski definition) is 2. The van der Waals surface area contributed by atoms with Gasteiger partial charge in [-0.15, -0.1) is 12.6 Å². The van der Waals surface area contributed by atoms with E-state index in [4.69, 9.17) is 4.74 Å². The SMILES string of the molecule is CCCCC1CCC(COc2ccc(S)cc2)CC1. The van der Waals surface area contributed by atoms with Crippen LogP contribution in [-0.4, -0.2) is 6.61 Å². The van der Waals surface area contributed by atoms with Crippen molar-refractivity contribution in [1.29, 1.82) is 0 Å². The van der Waals surface area contributed by atoms with Gasteiger partial charge < -0.3 is 4.74 Å². The topological polar surface area (TPSA) is 9.23 Å². The normalized spacial score (nSPS) is 23.3. The lowest BCUT2D eigenvalue weighted by Gasteiger charge is -2.28. The third-order valence-corrected chi connectivity index (χ3v) is 4.55. The summed E-state index contributed by atoms with van der Waals surface area (Å²) in [6.07, 6.45) is 9.69. The van der Waals surface area contributed by atoms with Crippen LogP contribution in [0.4, 0.5) is 0 Å². The van der Waals surface area contributed by atoms with E-state index >= 15 is 0 Å². The van der Waals surface area contributed by atoms with E-state index < -0.39 is 0 Å². The summed E-state index contributed by atoms with van der Waals surface area (Å²) in [6, 6.07) is 7.99. The Morgan fingerprint density at radius 1 is 1.05 bits per heavy atom. The Labute approximate surface area is 123 Å². The molecule has 2 heteroatoms. The highest BCUT2D eigenvalue weighted by Gasteiger charge is 2.21. The van der Waals surface area contributed by atoms with Crippen molar-refractivity contribution in [2.24, 2.45) is 11.8 Å². The highest BCUT2D eigenvalue weighted by atomic mass is 32.1. The fourth-order valence-electron chi connectivity index (χ4n) is 2.94. The first-order chi connectivity index (χ1) is 9.28. The molecule has 1 nitrogen and oxygen atoms in total. The molecule has 1 aliphatic rings. The number of thiol groups is 1. The van der Waals surface area contributed by atoms with Crippen LogP contribution in [-0.2, 0) is 0 Å². The first kappa shape index (κ1) is 14.8. The van der Waals surface area contributed by atoms with Crippen molar-refractivity contribution >= 4 is 12.6 Å². The van der Waals surface area contributed by atoms with E-state index in [-0.39, 0.29) is 0 Å². The molecule has 0 amide bonds. The molecular weight excluding hydrogens is 252 g/mol. The number of rotatable bonds is 6. The van der Waals surface area contributed by atoms with Crippen molar-refractivity contribution in [1.82, 2.24) is 0 Å². The second-order valence-electron chi connectivity index (χ2n) is 5.83. The fraction of sp³-hybridized carbons (Fsp3) is 0.647. The molecular formula is C17H26OS. The van der Waals surface area contributed by atoms with Gasteiger partial charge in [0.05, 0.1) is 6.61 Å². The minimum absolute atomic E-state index is 0.758. The number of benzene rings is 1. The van der Waals surface area contributed by atoms with E-state index in [2.05, 4.69) is 19.6 Å². The number of ether oxygens (including phenoxy) is 1. The molecule has 1 fully saturated rings. The van der Waals surface area contributed by atoms with Gasteiger partial charge in [-0.05, 0) is 48.9 Å². The van der Waals surface area contributed by atoms with E-state index in [9.17, 15) is 0 Å². The van der Waals surface area contributed by atoms with Gasteiger partial charge in [0.2, 0.25) is 0 Å². The van der Waals surface area contributed by atoms with Gasteiger partial charge in [0, 0.05) is 4.90 Å². The zero-order valence-corrected chi connectivity index (χ0v) is 12.9. The monoisotopic (exact) mass is 278 g/mol. The molecule has 2 rings (SSSR count). The van der Waals surface area contributed by atoms with Crippen molar-refractivity contribution in [3.63, 3.8) is 0 Å². The van der Waals surface area contributed by atoms with Crippen LogP contribution in [0.3, 0.4) is 0 Å². The van der Waals surface area contributed by atoms with E-state index in [1.54, 1.807) is 0 Å². The van der Waals surface area contributed by atoms with Crippen molar-refractivity contribution in [2.45, 2.75) is 56.8 Å². The maximum atomic E-state index is 5.88. The molecule has 0 N–H and O–H groups in total. The maximum Gasteiger partial charge on any atom is 0.119 e. The predicted molar refractivity (Wildman–Crippen MR) is 84.2 cm³/mol. The van der Waals surface area contributed by atoms with Gasteiger partial charge in [0.15, 0.2) is 0 Å². The minimum atomic E-state index is 0.758. The van der Waals surface area contributed by atoms with E-state index in [1.165, 1.54) is 44.9 Å². The molecule has 0 heterocycles. The van der Waals surface area contributed by atoms with E-state index in [1.807, 2.05) is 24.3 Å². The van der Waals surface area contributed by atoms with Gasteiger partial charge in [-0.25, -0.2) is 0 Å². The summed E-state index contributed by atoms with van der Waals surface area (Å²) in [6.45, 7) is 3.17. The van der Waals surface area contributed by atoms with Crippen LogP contribution in [0, 0.1) is 11.8 Å². The Morgan fingerprint density at radius 2 is 1.68 bits per heavy atom. The Balaban J connectivity index is 1.67. The average Bonchev–Trinajstić information content (AvgIpc) is 2.46. The molecule has 0 spiro atoms. The highest BCUT2D eigenvalue weighted by Crippen LogP contribution is 2.32. The third-order valence-electron chi connectivity index (χ3n) is 4.25. The van der Waals surface area contributed by atoms with Crippen LogP contribution in [0.25, 0.3) is 0 Å². The summed E-state index contributed by atoms with van der Waals surface area (Å²) in [5.74, 6) is 2.72. The second kappa shape index (κ2) is 7.84. The molecule has 1 aromatic rings. The van der Waals surface area contributed by atoms with E-state index in [0.29, 0.717) is 0 Å². The maximum absolute atomic E-state index is 5.88. The Bertz CT molecular complexity index is 352. The van der Waals surface area contributed by atoms with Crippen molar-refractivity contribution in [2.75, 3.05) is 6.61 Å². The highest BCUT2D eigenvalue weighted by molar-refractivity contribution is 7.80. The zero-order valence-electron chi connectivity index (χ0n) is 12.0. The average molecular weight is 278 g/mol. The largest absolute Gasteiger partial charge is 0.493 e. The fourth-order valence-corrected chi connectivity index (χ4v) is 3.09. The van der Waals surface area contributed by atoms with Gasteiger partial charge in [-0.3, -0.25) is 0 Å². The van der Waals surface area contributed by atoms with Gasteiger partial charge >= 0.3 is 0 Å². The van der Waals surface area contributed by atoms with Gasteiger partial charge in [0.25, 0.3) is 0 Å². The summed E-state index contributed by atoms with van der Waals surface area (Å²) in [4.78, 5) is 0.990. The van der Waals surface area contributed by atoms with Crippen LogP contribution in [0.2, 0.25) is 0 Å². The van der Waals surface area contributed by atoms with Crippen LogP contribution >= 0.6 is 12.6 Å². The summed E-state index contributed by atoms with van der Waals surface area (Å²) in [5, 5.41) is 0. The summed E-state index contributed by atoms with van der Waals surface area (Å²) in [7, 11) is 0. The molecule has 19 heavy (non-hydrogen) atoms. The molecule has 1 saturated carbocycles. The molecule has 0 bridgehead atoms. The molecule has 0 aromatic heterocycles. The smallest absolute Gasteiger partial charge is 0.119 e. The van der Waals surface area contributed by atoms with E-state index in [0.717, 1.165) is 29.1 Å². The summed E-state index contributed by atoms with van der Waals surface area (Å²) >= 11 is 4.28. The van der Waals surface area contributed by atoms with Crippen LogP contribution in [0.15, 0.2) is 29.2 Å². The van der Waals surface area contributed by atoms with Gasteiger partial charge in [0.1, 0.15) is 5.75 Å². The molecule has 1 aliphatic carbocycles. The van der Waals surface area contributed by atoms with Crippen molar-refractivity contribution < 1.29 is 4.74 Å². The first-order valence-electron chi connectivity index (χ1n) is 7.69. The lowest BCUT2D eigenvalue weighted by atomic mass is 9.80. The summed E-state index contributed by atoms with van der Waals surface area (Å²) < 4.78 is 5.88. The predicted octanol–water partition coefficient (Wildman–Crippen LogP) is 5.35. The van der Waals surface area contributed by atoms with Crippen LogP contribution in [0.5, 0.6) is 5.75 Å². The third kappa shape index (κ3) is 5.10. The number of unbranched alkanes of at least 4 members (excludes halogenated alkanes) is 1. The van der Waals surface area contributed by atoms with Crippen molar-refractivity contribution in [3.05, 3.63) is 24.3 Å². The van der Waals surface area contributed by atoms with Crippen LogP contribution in [0.1, 0.15) is 51.9 Å². The summed E-state index contributed by atoms with van der Waals surface area (Å²) in [5.41, 5.74) is 0. The quantitative estimate of drug-likeness (QED) is 0.690. The Morgan fingerprint density at radius 3 is 2.32 bits per heavy atom. The van der Waals surface area contributed by atoms with Gasteiger partial charge in [-0.2, -0.15) is 0 Å². The zero-order chi connectivity index (χ0) is 13.5. The van der Waals surface area contributed by atoms with Crippen LogP contribution < -0.4 is 4.74 Å². The number of hydrogen-bond donors (Lipinski definition) is 1. The Kier molecular flexibility index (Phi) is 6.09. The van der Waals surface area contributed by atoms with Gasteiger partial charge in [-0.1, -0.05) is 39.0 Å². The van der Waals surface area contributed by atoms with Crippen molar-refractivity contribution in [3.8, 4) is 5.75 Å². The minimum Gasteiger partial charge on any atom is -0.493 e. The Hall–Kier alpha value is -0.630. The lowest BCUT2D eigenvalue weighted by Crippen LogP contribution is -2.20.